The molecule has 0 fully saturated rings. The van der Waals surface area contributed by atoms with E-state index < -0.39 is 11.6 Å². The lowest BCUT2D eigenvalue weighted by Gasteiger charge is -2.09. The lowest BCUT2D eigenvalue weighted by molar-refractivity contribution is 0.297. The summed E-state index contributed by atoms with van der Waals surface area (Å²) in [6.45, 7) is 1.66. The summed E-state index contributed by atoms with van der Waals surface area (Å²) >= 11 is 0. The number of rotatable bonds is 3. The molecule has 0 aromatic heterocycles. The zero-order valence-corrected chi connectivity index (χ0v) is 9.71. The molecule has 0 spiro atoms. The van der Waals surface area contributed by atoms with Gasteiger partial charge in [-0.25, -0.2) is 13.2 Å². The van der Waals surface area contributed by atoms with Crippen LogP contribution in [0.1, 0.15) is 11.1 Å². The fourth-order valence-corrected chi connectivity index (χ4v) is 1.57. The van der Waals surface area contributed by atoms with Gasteiger partial charge in [0.1, 0.15) is 29.8 Å². The Morgan fingerprint density at radius 2 is 1.61 bits per heavy atom. The van der Waals surface area contributed by atoms with Gasteiger partial charge in [-0.05, 0) is 42.8 Å². The van der Waals surface area contributed by atoms with Crippen molar-refractivity contribution in [2.24, 2.45) is 0 Å². The van der Waals surface area contributed by atoms with Gasteiger partial charge in [-0.1, -0.05) is 0 Å². The first kappa shape index (κ1) is 12.5. The maximum Gasteiger partial charge on any atom is 0.132 e. The summed E-state index contributed by atoms with van der Waals surface area (Å²) in [7, 11) is 0. The average Bonchev–Trinajstić information content (AvgIpc) is 2.30. The van der Waals surface area contributed by atoms with Crippen LogP contribution >= 0.6 is 0 Å². The minimum atomic E-state index is -0.658. The van der Waals surface area contributed by atoms with Gasteiger partial charge in [0.05, 0.1) is 0 Å². The van der Waals surface area contributed by atoms with Gasteiger partial charge in [-0.15, -0.1) is 0 Å². The summed E-state index contributed by atoms with van der Waals surface area (Å²) in [4.78, 5) is 0. The van der Waals surface area contributed by atoms with Gasteiger partial charge in [0.25, 0.3) is 0 Å². The summed E-state index contributed by atoms with van der Waals surface area (Å²) in [5.74, 6) is -1.17. The minimum Gasteiger partial charge on any atom is -0.489 e. The number of ether oxygens (including phenoxy) is 1. The van der Waals surface area contributed by atoms with Crippen LogP contribution in [0.3, 0.4) is 0 Å². The maximum absolute atomic E-state index is 13.3. The van der Waals surface area contributed by atoms with E-state index in [1.165, 1.54) is 30.3 Å². The van der Waals surface area contributed by atoms with E-state index >= 15 is 0 Å². The normalized spacial score (nSPS) is 10.4. The van der Waals surface area contributed by atoms with Gasteiger partial charge in [-0.3, -0.25) is 0 Å². The third-order valence-electron chi connectivity index (χ3n) is 2.54. The van der Waals surface area contributed by atoms with Gasteiger partial charge < -0.3 is 4.74 Å². The second kappa shape index (κ2) is 5.12. The Morgan fingerprint density at radius 3 is 2.28 bits per heavy atom. The number of aryl methyl sites for hydroxylation is 1. The first-order valence-electron chi connectivity index (χ1n) is 5.39. The monoisotopic (exact) mass is 252 g/mol. The summed E-state index contributed by atoms with van der Waals surface area (Å²) < 4.78 is 44.3. The molecular formula is C14H11F3O. The lowest BCUT2D eigenvalue weighted by Crippen LogP contribution is -2.00. The minimum absolute atomic E-state index is 0.0292. The molecule has 1 nitrogen and oxygen atoms in total. The van der Waals surface area contributed by atoms with Crippen molar-refractivity contribution in [2.75, 3.05) is 0 Å². The van der Waals surface area contributed by atoms with Crippen LogP contribution in [-0.4, -0.2) is 0 Å². The molecule has 0 aliphatic heterocycles. The highest BCUT2D eigenvalue weighted by Gasteiger charge is 2.06. The molecule has 0 heterocycles. The van der Waals surface area contributed by atoms with Crippen LogP contribution in [0.25, 0.3) is 0 Å². The van der Waals surface area contributed by atoms with Crippen molar-refractivity contribution < 1.29 is 17.9 Å². The fourth-order valence-electron chi connectivity index (χ4n) is 1.57. The summed E-state index contributed by atoms with van der Waals surface area (Å²) in [6, 6.07) is 7.37. The van der Waals surface area contributed by atoms with Crippen molar-refractivity contribution in [3.8, 4) is 5.75 Å². The number of hydrogen-bond donors (Lipinski definition) is 0. The predicted molar refractivity (Wildman–Crippen MR) is 61.8 cm³/mol. The standard InChI is InChI=1S/C14H11F3O/c1-9-6-11(15)4-5-14(9)18-8-10-2-3-12(16)7-13(10)17/h2-7H,8H2,1H3. The van der Waals surface area contributed by atoms with Gasteiger partial charge in [0.15, 0.2) is 0 Å². The molecule has 0 unspecified atom stereocenters. The zero-order valence-electron chi connectivity index (χ0n) is 9.71. The zero-order chi connectivity index (χ0) is 13.1. The Bertz CT molecular complexity index is 515. The van der Waals surface area contributed by atoms with Crippen molar-refractivity contribution in [2.45, 2.75) is 13.5 Å². The van der Waals surface area contributed by atoms with Crippen LogP contribution in [-0.2, 0) is 6.61 Å². The van der Waals surface area contributed by atoms with E-state index in [0.717, 1.165) is 6.07 Å². The molecule has 0 amide bonds. The van der Waals surface area contributed by atoms with E-state index in [4.69, 9.17) is 4.74 Å². The molecule has 0 radical (unpaired) electrons. The molecule has 2 rings (SSSR count). The molecule has 94 valence electrons. The molecule has 2 aromatic carbocycles. The van der Waals surface area contributed by atoms with Gasteiger partial charge in [0.2, 0.25) is 0 Å². The smallest absolute Gasteiger partial charge is 0.132 e. The Labute approximate surface area is 103 Å². The second-order valence-electron chi connectivity index (χ2n) is 3.93. The average molecular weight is 252 g/mol. The molecule has 2 aromatic rings. The lowest BCUT2D eigenvalue weighted by atomic mass is 10.2. The molecule has 0 saturated carbocycles. The molecule has 0 saturated heterocycles. The van der Waals surface area contributed by atoms with Crippen LogP contribution in [0.2, 0.25) is 0 Å². The Balaban J connectivity index is 2.11. The van der Waals surface area contributed by atoms with Crippen molar-refractivity contribution in [1.29, 1.82) is 0 Å². The topological polar surface area (TPSA) is 9.23 Å². The van der Waals surface area contributed by atoms with Crippen LogP contribution in [0.4, 0.5) is 13.2 Å². The molecule has 18 heavy (non-hydrogen) atoms. The Hall–Kier alpha value is -1.97. The van der Waals surface area contributed by atoms with Crippen molar-refractivity contribution in [3.63, 3.8) is 0 Å². The summed E-state index contributed by atoms with van der Waals surface area (Å²) in [5, 5.41) is 0. The summed E-state index contributed by atoms with van der Waals surface area (Å²) in [6.07, 6.45) is 0. The first-order chi connectivity index (χ1) is 8.56. The predicted octanol–water partition coefficient (Wildman–Crippen LogP) is 3.99. The third kappa shape index (κ3) is 2.83. The quantitative estimate of drug-likeness (QED) is 0.802. The highest BCUT2D eigenvalue weighted by Crippen LogP contribution is 2.20. The molecule has 0 N–H and O–H groups in total. The number of hydrogen-bond acceptors (Lipinski definition) is 1. The Kier molecular flexibility index (Phi) is 3.55. The van der Waals surface area contributed by atoms with Crippen molar-refractivity contribution >= 4 is 0 Å². The highest BCUT2D eigenvalue weighted by atomic mass is 19.1. The third-order valence-corrected chi connectivity index (χ3v) is 2.54. The van der Waals surface area contributed by atoms with E-state index in [1.54, 1.807) is 6.92 Å². The van der Waals surface area contributed by atoms with Crippen LogP contribution in [0.15, 0.2) is 36.4 Å². The number of benzene rings is 2. The molecule has 4 heteroatoms. The number of halogens is 3. The SMILES string of the molecule is Cc1cc(F)ccc1OCc1ccc(F)cc1F. The largest absolute Gasteiger partial charge is 0.489 e. The van der Waals surface area contributed by atoms with Gasteiger partial charge in [0, 0.05) is 11.6 Å². The Morgan fingerprint density at radius 1 is 0.944 bits per heavy atom. The molecule has 0 atom stereocenters. The van der Waals surface area contributed by atoms with E-state index in [1.807, 2.05) is 0 Å². The highest BCUT2D eigenvalue weighted by molar-refractivity contribution is 5.33. The molecule has 0 aliphatic carbocycles. The van der Waals surface area contributed by atoms with Gasteiger partial charge in [-0.2, -0.15) is 0 Å². The van der Waals surface area contributed by atoms with E-state index in [0.29, 0.717) is 11.3 Å². The van der Waals surface area contributed by atoms with Crippen LogP contribution in [0.5, 0.6) is 5.75 Å². The van der Waals surface area contributed by atoms with Crippen molar-refractivity contribution in [1.82, 2.24) is 0 Å². The van der Waals surface area contributed by atoms with Crippen LogP contribution in [0, 0.1) is 24.4 Å². The van der Waals surface area contributed by atoms with Crippen molar-refractivity contribution in [3.05, 3.63) is 65.0 Å². The fraction of sp³-hybridized carbons (Fsp3) is 0.143. The van der Waals surface area contributed by atoms with Crippen LogP contribution < -0.4 is 4.74 Å². The van der Waals surface area contributed by atoms with E-state index in [-0.39, 0.29) is 18.0 Å². The molecule has 0 bridgehead atoms. The molecule has 0 aliphatic rings. The van der Waals surface area contributed by atoms with E-state index in [9.17, 15) is 13.2 Å². The van der Waals surface area contributed by atoms with E-state index in [2.05, 4.69) is 0 Å². The maximum atomic E-state index is 13.3. The first-order valence-corrected chi connectivity index (χ1v) is 5.39. The molecular weight excluding hydrogens is 241 g/mol. The van der Waals surface area contributed by atoms with Gasteiger partial charge >= 0.3 is 0 Å². The second-order valence-corrected chi connectivity index (χ2v) is 3.93. The summed E-state index contributed by atoms with van der Waals surface area (Å²) in [5.41, 5.74) is 0.873.